The van der Waals surface area contributed by atoms with Crippen LogP contribution in [0.5, 0.6) is 0 Å². The summed E-state index contributed by atoms with van der Waals surface area (Å²) in [6.45, 7) is 10.0. The number of anilines is 1. The van der Waals surface area contributed by atoms with Crippen LogP contribution in [-0.2, 0) is 9.63 Å². The van der Waals surface area contributed by atoms with Crippen molar-refractivity contribution in [2.45, 2.75) is 46.6 Å². The van der Waals surface area contributed by atoms with Crippen molar-refractivity contribution in [2.75, 3.05) is 24.5 Å². The van der Waals surface area contributed by atoms with E-state index >= 15 is 0 Å². The Bertz CT molecular complexity index is 517. The fourth-order valence-corrected chi connectivity index (χ4v) is 2.78. The third-order valence-electron chi connectivity index (χ3n) is 4.19. The summed E-state index contributed by atoms with van der Waals surface area (Å²) in [6.07, 6.45) is 1.84. The number of rotatable bonds is 4. The third-order valence-corrected chi connectivity index (χ3v) is 4.19. The number of halogens is 1. The van der Waals surface area contributed by atoms with Crippen LogP contribution < -0.4 is 4.90 Å². The van der Waals surface area contributed by atoms with Crippen molar-refractivity contribution in [3.63, 3.8) is 0 Å². The van der Waals surface area contributed by atoms with Crippen LogP contribution >= 0.6 is 0 Å². The van der Waals surface area contributed by atoms with E-state index in [0.29, 0.717) is 6.04 Å². The first-order valence-corrected chi connectivity index (χ1v) is 8.31. The standard InChI is InChI=1S/C18H27FN2O2/c1-5-21(15-8-6-14(19)7-9-15)16-10-12-20(13-11-16)23-17(22)18(2,3)4/h6-9,16H,5,10-13H2,1-4H3. The third kappa shape index (κ3) is 4.67. The van der Waals surface area contributed by atoms with Gasteiger partial charge in [0.15, 0.2) is 0 Å². The molecule has 1 heterocycles. The van der Waals surface area contributed by atoms with Gasteiger partial charge in [-0.15, -0.1) is 5.06 Å². The maximum Gasteiger partial charge on any atom is 0.330 e. The van der Waals surface area contributed by atoms with E-state index in [0.717, 1.165) is 38.2 Å². The largest absolute Gasteiger partial charge is 0.369 e. The molecule has 23 heavy (non-hydrogen) atoms. The molecule has 0 aliphatic carbocycles. The van der Waals surface area contributed by atoms with E-state index in [9.17, 15) is 9.18 Å². The fourth-order valence-electron chi connectivity index (χ4n) is 2.78. The van der Waals surface area contributed by atoms with Crippen molar-refractivity contribution < 1.29 is 14.0 Å². The lowest BCUT2D eigenvalue weighted by Gasteiger charge is -2.39. The number of hydrogen-bond donors (Lipinski definition) is 0. The minimum atomic E-state index is -0.486. The summed E-state index contributed by atoms with van der Waals surface area (Å²) in [6, 6.07) is 7.03. The normalized spacial score (nSPS) is 17.1. The van der Waals surface area contributed by atoms with Crippen molar-refractivity contribution in [1.82, 2.24) is 5.06 Å². The summed E-state index contributed by atoms with van der Waals surface area (Å²) in [5.41, 5.74) is 0.555. The molecule has 0 aromatic heterocycles. The molecule has 0 bridgehead atoms. The summed E-state index contributed by atoms with van der Waals surface area (Å²) in [7, 11) is 0. The van der Waals surface area contributed by atoms with Crippen LogP contribution in [0.3, 0.4) is 0 Å². The van der Waals surface area contributed by atoms with E-state index in [4.69, 9.17) is 4.84 Å². The molecule has 0 N–H and O–H groups in total. The second-order valence-corrected chi connectivity index (χ2v) is 7.05. The van der Waals surface area contributed by atoms with Crippen molar-refractivity contribution in [3.05, 3.63) is 30.1 Å². The highest BCUT2D eigenvalue weighted by atomic mass is 19.1. The summed E-state index contributed by atoms with van der Waals surface area (Å²) >= 11 is 0. The van der Waals surface area contributed by atoms with Gasteiger partial charge in [0.1, 0.15) is 5.82 Å². The molecule has 0 amide bonds. The second-order valence-electron chi connectivity index (χ2n) is 7.05. The predicted molar refractivity (Wildman–Crippen MR) is 89.6 cm³/mol. The Morgan fingerprint density at radius 3 is 2.30 bits per heavy atom. The maximum absolute atomic E-state index is 13.1. The molecule has 1 aromatic carbocycles. The molecule has 1 saturated heterocycles. The SMILES string of the molecule is CCN(c1ccc(F)cc1)C1CCN(OC(=O)C(C)(C)C)CC1. The lowest BCUT2D eigenvalue weighted by molar-refractivity contribution is -0.204. The van der Waals surface area contributed by atoms with Crippen molar-refractivity contribution in [3.8, 4) is 0 Å². The number of piperidine rings is 1. The number of carbonyl (C=O) groups excluding carboxylic acids is 1. The molecule has 1 aliphatic rings. The van der Waals surface area contributed by atoms with Gasteiger partial charge in [-0.25, -0.2) is 9.18 Å². The van der Waals surface area contributed by atoms with Crippen molar-refractivity contribution in [1.29, 1.82) is 0 Å². The number of benzene rings is 1. The fraction of sp³-hybridized carbons (Fsp3) is 0.611. The molecule has 1 aliphatic heterocycles. The van der Waals surface area contributed by atoms with E-state index in [-0.39, 0.29) is 11.8 Å². The molecule has 5 heteroatoms. The van der Waals surface area contributed by atoms with Gasteiger partial charge in [-0.3, -0.25) is 0 Å². The molecule has 1 aromatic rings. The van der Waals surface area contributed by atoms with E-state index in [1.807, 2.05) is 32.9 Å². The Morgan fingerprint density at radius 1 is 1.26 bits per heavy atom. The van der Waals surface area contributed by atoms with Gasteiger partial charge in [0.25, 0.3) is 0 Å². The summed E-state index contributed by atoms with van der Waals surface area (Å²) in [5, 5.41) is 1.77. The van der Waals surface area contributed by atoms with Crippen molar-refractivity contribution in [2.24, 2.45) is 5.41 Å². The van der Waals surface area contributed by atoms with Gasteiger partial charge in [-0.2, -0.15) is 0 Å². The van der Waals surface area contributed by atoms with Gasteiger partial charge in [0.2, 0.25) is 0 Å². The first kappa shape index (κ1) is 17.7. The molecule has 0 saturated carbocycles. The van der Waals surface area contributed by atoms with E-state index in [1.165, 1.54) is 12.1 Å². The minimum Gasteiger partial charge on any atom is -0.369 e. The van der Waals surface area contributed by atoms with Gasteiger partial charge in [0.05, 0.1) is 5.41 Å². The average Bonchev–Trinajstić information content (AvgIpc) is 2.50. The van der Waals surface area contributed by atoms with Crippen LogP contribution in [0.2, 0.25) is 0 Å². The smallest absolute Gasteiger partial charge is 0.330 e. The van der Waals surface area contributed by atoms with Gasteiger partial charge < -0.3 is 9.74 Å². The number of hydroxylamine groups is 2. The highest BCUT2D eigenvalue weighted by Crippen LogP contribution is 2.25. The second kappa shape index (κ2) is 7.30. The van der Waals surface area contributed by atoms with Gasteiger partial charge in [-0.1, -0.05) is 0 Å². The zero-order chi connectivity index (χ0) is 17.0. The Labute approximate surface area is 138 Å². The molecule has 0 radical (unpaired) electrons. The lowest BCUT2D eigenvalue weighted by Crippen LogP contribution is -2.46. The monoisotopic (exact) mass is 322 g/mol. The van der Waals surface area contributed by atoms with Gasteiger partial charge >= 0.3 is 5.97 Å². The Morgan fingerprint density at radius 2 is 1.83 bits per heavy atom. The quantitative estimate of drug-likeness (QED) is 0.847. The topological polar surface area (TPSA) is 32.8 Å². The molecule has 0 unspecified atom stereocenters. The molecule has 4 nitrogen and oxygen atoms in total. The van der Waals surface area contributed by atoms with Crippen LogP contribution in [0, 0.1) is 11.2 Å². The molecule has 128 valence electrons. The van der Waals surface area contributed by atoms with Crippen molar-refractivity contribution >= 4 is 11.7 Å². The van der Waals surface area contributed by atoms with Crippen LogP contribution in [0.25, 0.3) is 0 Å². The molecule has 0 spiro atoms. The first-order chi connectivity index (χ1) is 10.8. The molecule has 0 atom stereocenters. The Hall–Kier alpha value is -1.62. The molecule has 2 rings (SSSR count). The van der Waals surface area contributed by atoms with E-state index in [1.54, 1.807) is 5.06 Å². The van der Waals surface area contributed by atoms with Crippen LogP contribution in [0.15, 0.2) is 24.3 Å². The predicted octanol–water partition coefficient (Wildman–Crippen LogP) is 3.62. The molecule has 1 fully saturated rings. The lowest BCUT2D eigenvalue weighted by atomic mass is 9.97. The molecular weight excluding hydrogens is 295 g/mol. The van der Waals surface area contributed by atoms with Gasteiger partial charge in [-0.05, 0) is 64.8 Å². The summed E-state index contributed by atoms with van der Waals surface area (Å²) < 4.78 is 13.1. The zero-order valence-corrected chi connectivity index (χ0v) is 14.5. The number of nitrogens with zero attached hydrogens (tertiary/aromatic N) is 2. The van der Waals surface area contributed by atoms with Gasteiger partial charge in [0, 0.05) is 31.4 Å². The molecular formula is C18H27FN2O2. The number of hydrogen-bond acceptors (Lipinski definition) is 4. The summed E-state index contributed by atoms with van der Waals surface area (Å²) in [5.74, 6) is -0.407. The Balaban J connectivity index is 1.92. The van der Waals surface area contributed by atoms with E-state index < -0.39 is 5.41 Å². The maximum atomic E-state index is 13.1. The van der Waals surface area contributed by atoms with Crippen LogP contribution in [0.4, 0.5) is 10.1 Å². The highest BCUT2D eigenvalue weighted by Gasteiger charge is 2.30. The summed E-state index contributed by atoms with van der Waals surface area (Å²) in [4.78, 5) is 19.7. The minimum absolute atomic E-state index is 0.193. The first-order valence-electron chi connectivity index (χ1n) is 8.31. The van der Waals surface area contributed by atoms with E-state index in [2.05, 4.69) is 11.8 Å². The highest BCUT2D eigenvalue weighted by molar-refractivity contribution is 5.75. The zero-order valence-electron chi connectivity index (χ0n) is 14.5. The van der Waals surface area contributed by atoms with Crippen LogP contribution in [-0.4, -0.2) is 36.7 Å². The Kier molecular flexibility index (Phi) is 5.63. The number of carbonyl (C=O) groups is 1. The van der Waals surface area contributed by atoms with Crippen LogP contribution in [0.1, 0.15) is 40.5 Å². The average molecular weight is 322 g/mol.